The Kier molecular flexibility index (Phi) is 5.74. The summed E-state index contributed by atoms with van der Waals surface area (Å²) in [5, 5.41) is 0.663. The first-order valence-electron chi connectivity index (χ1n) is 9.07. The number of benzene rings is 3. The first-order valence-corrected chi connectivity index (χ1v) is 10.8. The molecule has 0 aliphatic rings. The van der Waals surface area contributed by atoms with Crippen molar-refractivity contribution in [1.82, 2.24) is 9.88 Å². The molecule has 1 heterocycles. The number of fused-ring (bicyclic) bond motifs is 1. The summed E-state index contributed by atoms with van der Waals surface area (Å²) >= 11 is 3.23. The number of likely N-dealkylation sites (N-methyl/N-ethyl adjacent to an activating group) is 1. The van der Waals surface area contributed by atoms with Gasteiger partial charge in [0.05, 0.1) is 16.8 Å². The number of aromatic nitrogens is 1. The van der Waals surface area contributed by atoms with Gasteiger partial charge >= 0.3 is 0 Å². The van der Waals surface area contributed by atoms with E-state index < -0.39 is 0 Å². The molecule has 1 atom stereocenters. The van der Waals surface area contributed by atoms with Gasteiger partial charge in [-0.2, -0.15) is 0 Å². The Labute approximate surface area is 173 Å². The Hall–Kier alpha value is -2.63. The maximum atomic E-state index is 13.3. The monoisotopic (exact) mass is 404 g/mol. The minimum atomic E-state index is -0.289. The van der Waals surface area contributed by atoms with E-state index in [0.29, 0.717) is 6.54 Å². The van der Waals surface area contributed by atoms with E-state index in [0.717, 1.165) is 25.7 Å². The summed E-state index contributed by atoms with van der Waals surface area (Å²) in [6, 6.07) is 28.1. The molecule has 1 amide bonds. The first kappa shape index (κ1) is 18.7. The van der Waals surface area contributed by atoms with Gasteiger partial charge in [0.2, 0.25) is 5.91 Å². The molecule has 0 saturated heterocycles. The van der Waals surface area contributed by atoms with Gasteiger partial charge in [-0.15, -0.1) is 23.1 Å². The van der Waals surface area contributed by atoms with Crippen molar-refractivity contribution in [2.24, 2.45) is 0 Å². The van der Waals surface area contributed by atoms with Gasteiger partial charge in [0.1, 0.15) is 10.3 Å². The van der Waals surface area contributed by atoms with Crippen molar-refractivity contribution in [3.63, 3.8) is 0 Å². The Bertz CT molecular complexity index is 1030. The zero-order chi connectivity index (χ0) is 19.3. The van der Waals surface area contributed by atoms with E-state index in [1.165, 1.54) is 0 Å². The third kappa shape index (κ3) is 4.26. The highest BCUT2D eigenvalue weighted by Crippen LogP contribution is 2.37. The molecule has 5 heteroatoms. The van der Waals surface area contributed by atoms with Crippen molar-refractivity contribution in [2.75, 3.05) is 7.05 Å². The van der Waals surface area contributed by atoms with Crippen LogP contribution < -0.4 is 0 Å². The van der Waals surface area contributed by atoms with Gasteiger partial charge < -0.3 is 4.90 Å². The molecule has 0 unspecified atom stereocenters. The van der Waals surface area contributed by atoms with Crippen molar-refractivity contribution in [3.8, 4) is 0 Å². The molecule has 0 N–H and O–H groups in total. The molecule has 0 bridgehead atoms. The summed E-state index contributed by atoms with van der Waals surface area (Å²) in [5.74, 6) is 0.0827. The zero-order valence-electron chi connectivity index (χ0n) is 15.5. The highest BCUT2D eigenvalue weighted by Gasteiger charge is 2.25. The number of thiazole rings is 1. The van der Waals surface area contributed by atoms with E-state index in [-0.39, 0.29) is 11.2 Å². The summed E-state index contributed by atoms with van der Waals surface area (Å²) in [7, 11) is 1.86. The molecule has 0 aliphatic heterocycles. The normalized spacial score (nSPS) is 12.0. The highest BCUT2D eigenvalue weighted by molar-refractivity contribution is 8.00. The van der Waals surface area contributed by atoms with Crippen LogP contribution in [0.15, 0.2) is 89.8 Å². The summed E-state index contributed by atoms with van der Waals surface area (Å²) in [4.78, 5) is 20.9. The predicted octanol–water partition coefficient (Wildman–Crippen LogP) is 5.79. The van der Waals surface area contributed by atoms with Crippen LogP contribution in [0.25, 0.3) is 10.2 Å². The lowest BCUT2D eigenvalue weighted by atomic mass is 10.1. The molecule has 0 fully saturated rings. The van der Waals surface area contributed by atoms with E-state index >= 15 is 0 Å². The number of para-hydroxylation sites is 1. The number of nitrogens with zero attached hydrogens (tertiary/aromatic N) is 2. The number of thioether (sulfide) groups is 1. The van der Waals surface area contributed by atoms with Crippen molar-refractivity contribution in [3.05, 3.63) is 95.5 Å². The molecular weight excluding hydrogens is 384 g/mol. The average Bonchev–Trinajstić information content (AvgIpc) is 3.15. The zero-order valence-corrected chi connectivity index (χ0v) is 17.1. The Morgan fingerprint density at radius 1 is 0.964 bits per heavy atom. The van der Waals surface area contributed by atoms with E-state index in [2.05, 4.69) is 11.1 Å². The molecule has 140 valence electrons. The molecule has 1 aromatic heterocycles. The standard InChI is InChI=1S/C23H20N2OS2/c1-25(16-21-24-19-14-8-9-15-20(19)28-21)23(26)22(17-10-4-2-5-11-17)27-18-12-6-3-7-13-18/h2-15,22H,16H2,1H3/t22-/m0/s1. The third-order valence-corrected chi connectivity index (χ3v) is 6.69. The Morgan fingerprint density at radius 2 is 1.61 bits per heavy atom. The van der Waals surface area contributed by atoms with Crippen molar-refractivity contribution >= 4 is 39.2 Å². The smallest absolute Gasteiger partial charge is 0.240 e. The predicted molar refractivity (Wildman–Crippen MR) is 118 cm³/mol. The molecule has 3 nitrogen and oxygen atoms in total. The lowest BCUT2D eigenvalue weighted by Crippen LogP contribution is -2.30. The minimum absolute atomic E-state index is 0.0827. The largest absolute Gasteiger partial charge is 0.338 e. The second-order valence-corrected chi connectivity index (χ2v) is 8.78. The number of carbonyl (C=O) groups is 1. The Balaban J connectivity index is 1.57. The van der Waals surface area contributed by atoms with E-state index in [1.54, 1.807) is 28.0 Å². The van der Waals surface area contributed by atoms with Gasteiger partial charge in [-0.1, -0.05) is 60.7 Å². The molecule has 0 aliphatic carbocycles. The molecule has 0 saturated carbocycles. The molecule has 4 rings (SSSR count). The Morgan fingerprint density at radius 3 is 2.32 bits per heavy atom. The molecule has 0 spiro atoms. The summed E-state index contributed by atoms with van der Waals surface area (Å²) in [5.41, 5.74) is 2.00. The van der Waals surface area contributed by atoms with Crippen LogP contribution in [0.4, 0.5) is 0 Å². The van der Waals surface area contributed by atoms with Crippen molar-refractivity contribution < 1.29 is 4.79 Å². The lowest BCUT2D eigenvalue weighted by molar-refractivity contribution is -0.129. The summed E-state index contributed by atoms with van der Waals surface area (Å²) in [6.45, 7) is 0.511. The van der Waals surface area contributed by atoms with Crippen LogP contribution in [-0.2, 0) is 11.3 Å². The minimum Gasteiger partial charge on any atom is -0.338 e. The fourth-order valence-electron chi connectivity index (χ4n) is 2.99. The van der Waals surface area contributed by atoms with Crippen LogP contribution in [0.1, 0.15) is 15.8 Å². The maximum Gasteiger partial charge on any atom is 0.240 e. The highest BCUT2D eigenvalue weighted by atomic mass is 32.2. The second kappa shape index (κ2) is 8.59. The van der Waals surface area contributed by atoms with E-state index in [9.17, 15) is 4.79 Å². The second-order valence-electron chi connectivity index (χ2n) is 6.49. The van der Waals surface area contributed by atoms with E-state index in [1.807, 2.05) is 85.9 Å². The van der Waals surface area contributed by atoms with Gasteiger partial charge in [-0.25, -0.2) is 4.98 Å². The topological polar surface area (TPSA) is 33.2 Å². The molecule has 3 aromatic carbocycles. The average molecular weight is 405 g/mol. The van der Waals surface area contributed by atoms with E-state index in [4.69, 9.17) is 0 Å². The number of rotatable bonds is 6. The van der Waals surface area contributed by atoms with Crippen LogP contribution in [0.3, 0.4) is 0 Å². The number of carbonyl (C=O) groups excluding carboxylic acids is 1. The number of hydrogen-bond acceptors (Lipinski definition) is 4. The van der Waals surface area contributed by atoms with Crippen molar-refractivity contribution in [2.45, 2.75) is 16.7 Å². The quantitative estimate of drug-likeness (QED) is 0.382. The first-order chi connectivity index (χ1) is 13.7. The van der Waals surface area contributed by atoms with Gasteiger partial charge in [0, 0.05) is 11.9 Å². The fraction of sp³-hybridized carbons (Fsp3) is 0.130. The van der Waals surface area contributed by atoms with Crippen molar-refractivity contribution in [1.29, 1.82) is 0 Å². The third-order valence-electron chi connectivity index (χ3n) is 4.41. The van der Waals surface area contributed by atoms with Crippen LogP contribution >= 0.6 is 23.1 Å². The molecule has 0 radical (unpaired) electrons. The van der Waals surface area contributed by atoms with Gasteiger partial charge in [-0.05, 0) is 29.8 Å². The number of hydrogen-bond donors (Lipinski definition) is 0. The van der Waals surface area contributed by atoms with Gasteiger partial charge in [0.15, 0.2) is 0 Å². The fourth-order valence-corrected chi connectivity index (χ4v) is 5.17. The SMILES string of the molecule is CN(Cc1nc2ccccc2s1)C(=O)[C@@H](Sc1ccccc1)c1ccccc1. The van der Waals surface area contributed by atoms with Gasteiger partial charge in [0.25, 0.3) is 0 Å². The van der Waals surface area contributed by atoms with Crippen LogP contribution in [-0.4, -0.2) is 22.8 Å². The maximum absolute atomic E-state index is 13.3. The number of amides is 1. The van der Waals surface area contributed by atoms with Gasteiger partial charge in [-0.3, -0.25) is 4.79 Å². The lowest BCUT2D eigenvalue weighted by Gasteiger charge is -2.23. The molecule has 28 heavy (non-hydrogen) atoms. The summed E-state index contributed by atoms with van der Waals surface area (Å²) in [6.07, 6.45) is 0. The molecule has 4 aromatic rings. The van der Waals surface area contributed by atoms with Crippen LogP contribution in [0.5, 0.6) is 0 Å². The summed E-state index contributed by atoms with van der Waals surface area (Å²) < 4.78 is 1.15. The van der Waals surface area contributed by atoms with Crippen LogP contribution in [0.2, 0.25) is 0 Å². The van der Waals surface area contributed by atoms with Crippen LogP contribution in [0, 0.1) is 0 Å². The molecular formula is C23H20N2OS2.